The molecule has 2 aromatic carbocycles. The van der Waals surface area contributed by atoms with Crippen molar-refractivity contribution >= 4 is 37.4 Å². The molecule has 2 heterocycles. The number of sulfonamides is 1. The van der Waals surface area contributed by atoms with Crippen molar-refractivity contribution in [3.8, 4) is 0 Å². The second-order valence-corrected chi connectivity index (χ2v) is 6.95. The van der Waals surface area contributed by atoms with Crippen molar-refractivity contribution in [2.24, 2.45) is 0 Å². The first-order valence-corrected chi connectivity index (χ1v) is 8.84. The van der Waals surface area contributed by atoms with Gasteiger partial charge in [0.15, 0.2) is 5.03 Å². The molecule has 0 amide bonds. The fourth-order valence-electron chi connectivity index (χ4n) is 2.70. The van der Waals surface area contributed by atoms with Crippen molar-refractivity contribution in [3.63, 3.8) is 0 Å². The van der Waals surface area contributed by atoms with E-state index in [2.05, 4.69) is 14.7 Å². The Morgan fingerprint density at radius 1 is 0.769 bits per heavy atom. The Bertz CT molecular complexity index is 1150. The molecule has 8 heteroatoms. The molecular weight excluding hydrogens is 448 g/mol. The molecule has 0 spiro atoms. The maximum atomic E-state index is 12.6. The zero-order chi connectivity index (χ0) is 16.6. The molecule has 0 saturated heterocycles. The van der Waals surface area contributed by atoms with Gasteiger partial charge in [-0.2, -0.15) is 8.42 Å². The molecule has 0 saturated carbocycles. The number of nitrogens with zero attached hydrogens (tertiary/aromatic N) is 2. The van der Waals surface area contributed by atoms with Crippen LogP contribution in [0, 0.1) is 0 Å². The average molecular weight is 462 g/mol. The van der Waals surface area contributed by atoms with Gasteiger partial charge in [-0.05, 0) is 29.7 Å². The number of anilines is 1. The Balaban J connectivity index is 0.00000121. The zero-order valence-electron chi connectivity index (χ0n) is 13.3. The summed E-state index contributed by atoms with van der Waals surface area (Å²) in [4.78, 5) is 8.35. The number of benzene rings is 2. The summed E-state index contributed by atoms with van der Waals surface area (Å²) in [6.45, 7) is 0. The van der Waals surface area contributed by atoms with E-state index in [0.717, 1.165) is 21.7 Å². The largest absolute Gasteiger partial charge is 0.279 e. The quantitative estimate of drug-likeness (QED) is 0.373. The SMILES string of the molecule is F.O=S(=O)(Nc1cccc2ccc3cccnc3c12)c1ccccn1.[Pd]. The molecule has 0 aliphatic carbocycles. The van der Waals surface area contributed by atoms with Gasteiger partial charge in [-0.1, -0.05) is 36.4 Å². The molecule has 0 bridgehead atoms. The van der Waals surface area contributed by atoms with Crippen molar-refractivity contribution in [1.29, 1.82) is 0 Å². The summed E-state index contributed by atoms with van der Waals surface area (Å²) in [5.41, 5.74) is 1.25. The summed E-state index contributed by atoms with van der Waals surface area (Å²) in [5.74, 6) is 0. The molecule has 0 aliphatic rings. The van der Waals surface area contributed by atoms with Crippen LogP contribution in [0.25, 0.3) is 21.7 Å². The van der Waals surface area contributed by atoms with E-state index in [0.29, 0.717) is 5.69 Å². The van der Waals surface area contributed by atoms with Crippen LogP contribution in [0.5, 0.6) is 0 Å². The standard InChI is InChI=1S/C18H13N3O2S.FH.Pd/c22-24(23,16-8-1-2-11-19-16)21-15-7-3-5-13-9-10-14-6-4-12-20-18(14)17(13)15;;/h1-12,21H;1H;. The summed E-state index contributed by atoms with van der Waals surface area (Å²) in [6.07, 6.45) is 3.15. The number of fused-ring (bicyclic) bond motifs is 3. The van der Waals surface area contributed by atoms with Gasteiger partial charge < -0.3 is 0 Å². The summed E-state index contributed by atoms with van der Waals surface area (Å²) >= 11 is 0. The van der Waals surface area contributed by atoms with Crippen molar-refractivity contribution in [2.45, 2.75) is 5.03 Å². The van der Waals surface area contributed by atoms with E-state index in [-0.39, 0.29) is 30.2 Å². The van der Waals surface area contributed by atoms with Crippen LogP contribution in [0.4, 0.5) is 10.4 Å². The Kier molecular flexibility index (Phi) is 6.03. The number of nitrogens with one attached hydrogen (secondary N) is 1. The van der Waals surface area contributed by atoms with Crippen molar-refractivity contribution in [2.75, 3.05) is 4.72 Å². The maximum absolute atomic E-state index is 12.6. The average Bonchev–Trinajstić information content (AvgIpc) is 2.62. The first-order valence-electron chi connectivity index (χ1n) is 7.35. The fraction of sp³-hybridized carbons (Fsp3) is 0. The van der Waals surface area contributed by atoms with E-state index in [1.165, 1.54) is 12.3 Å². The minimum absolute atomic E-state index is 0. The van der Waals surface area contributed by atoms with Gasteiger partial charge in [0.05, 0.1) is 11.2 Å². The third-order valence-electron chi connectivity index (χ3n) is 3.77. The molecule has 0 unspecified atom stereocenters. The second kappa shape index (κ2) is 7.87. The van der Waals surface area contributed by atoms with E-state index >= 15 is 0 Å². The van der Waals surface area contributed by atoms with Gasteiger partial charge in [-0.25, -0.2) is 4.98 Å². The Hall–Kier alpha value is -2.40. The third kappa shape index (κ3) is 3.58. The van der Waals surface area contributed by atoms with Gasteiger partial charge in [0.1, 0.15) is 0 Å². The molecule has 4 rings (SSSR count). The smallest absolute Gasteiger partial charge is 0.278 e. The molecule has 0 aliphatic heterocycles. The summed E-state index contributed by atoms with van der Waals surface area (Å²) < 4.78 is 27.8. The minimum Gasteiger partial charge on any atom is -0.278 e. The normalized spacial score (nSPS) is 10.8. The Morgan fingerprint density at radius 3 is 2.27 bits per heavy atom. The molecule has 136 valence electrons. The number of halogens is 1. The van der Waals surface area contributed by atoms with Gasteiger partial charge in [0.25, 0.3) is 10.0 Å². The molecule has 1 N–H and O–H groups in total. The molecule has 26 heavy (non-hydrogen) atoms. The van der Waals surface area contributed by atoms with Crippen LogP contribution in [-0.2, 0) is 30.4 Å². The van der Waals surface area contributed by atoms with Gasteiger partial charge in [-0.15, -0.1) is 0 Å². The predicted molar refractivity (Wildman–Crippen MR) is 96.8 cm³/mol. The third-order valence-corrected chi connectivity index (χ3v) is 5.05. The number of pyridine rings is 2. The van der Waals surface area contributed by atoms with Crippen LogP contribution >= 0.6 is 0 Å². The van der Waals surface area contributed by atoms with E-state index in [1.807, 2.05) is 36.4 Å². The molecule has 0 fully saturated rings. The maximum Gasteiger partial charge on any atom is 0.279 e. The van der Waals surface area contributed by atoms with E-state index in [4.69, 9.17) is 0 Å². The van der Waals surface area contributed by atoms with Crippen LogP contribution in [0.2, 0.25) is 0 Å². The monoisotopic (exact) mass is 461 g/mol. The number of aromatic nitrogens is 2. The molecule has 0 radical (unpaired) electrons. The summed E-state index contributed by atoms with van der Waals surface area (Å²) in [5, 5.41) is 2.63. The molecule has 0 atom stereocenters. The van der Waals surface area contributed by atoms with E-state index < -0.39 is 10.0 Å². The van der Waals surface area contributed by atoms with Crippen molar-refractivity contribution in [3.05, 3.63) is 73.1 Å². The first-order chi connectivity index (χ1) is 11.6. The molecule has 5 nitrogen and oxygen atoms in total. The van der Waals surface area contributed by atoms with Gasteiger partial charge in [-0.3, -0.25) is 14.4 Å². The van der Waals surface area contributed by atoms with Crippen LogP contribution in [0.1, 0.15) is 0 Å². The minimum atomic E-state index is -3.76. The van der Waals surface area contributed by atoms with Crippen molar-refractivity contribution < 1.29 is 33.5 Å². The van der Waals surface area contributed by atoms with Crippen LogP contribution in [-0.4, -0.2) is 18.4 Å². The Morgan fingerprint density at radius 2 is 1.50 bits per heavy atom. The van der Waals surface area contributed by atoms with Gasteiger partial charge in [0, 0.05) is 43.6 Å². The summed E-state index contributed by atoms with van der Waals surface area (Å²) in [7, 11) is -3.76. The van der Waals surface area contributed by atoms with Crippen LogP contribution < -0.4 is 4.72 Å². The van der Waals surface area contributed by atoms with Crippen molar-refractivity contribution in [1.82, 2.24) is 9.97 Å². The van der Waals surface area contributed by atoms with E-state index in [9.17, 15) is 8.42 Å². The number of rotatable bonds is 3. The molecule has 2 aromatic heterocycles. The van der Waals surface area contributed by atoms with E-state index in [1.54, 1.807) is 24.4 Å². The number of hydrogen-bond donors (Lipinski definition) is 1. The molecule has 4 aromatic rings. The van der Waals surface area contributed by atoms with Gasteiger partial charge >= 0.3 is 0 Å². The summed E-state index contributed by atoms with van der Waals surface area (Å²) in [6, 6.07) is 18.0. The first kappa shape index (κ1) is 19.9. The predicted octanol–water partition coefficient (Wildman–Crippen LogP) is 3.73. The van der Waals surface area contributed by atoms with Gasteiger partial charge in [0.2, 0.25) is 0 Å². The fourth-order valence-corrected chi connectivity index (χ4v) is 3.72. The second-order valence-electron chi connectivity index (χ2n) is 5.32. The Labute approximate surface area is 163 Å². The molecular formula is C18H14FN3O2PdS. The van der Waals surface area contributed by atoms with Crippen LogP contribution in [0.3, 0.4) is 0 Å². The number of hydrogen-bond acceptors (Lipinski definition) is 4. The topological polar surface area (TPSA) is 72.0 Å². The zero-order valence-corrected chi connectivity index (χ0v) is 15.6. The van der Waals surface area contributed by atoms with Crippen LogP contribution in [0.15, 0.2) is 78.1 Å².